The number of methoxy groups -OCH3 is 2. The largest absolute Gasteiger partial charge is 0.497 e. The van der Waals surface area contributed by atoms with Crippen LogP contribution in [0.3, 0.4) is 0 Å². The number of nitrogens with zero attached hydrogens (tertiary/aromatic N) is 3. The van der Waals surface area contributed by atoms with E-state index in [0.717, 1.165) is 34.0 Å². The highest BCUT2D eigenvalue weighted by atomic mass is 16.6. The SMILES string of the molecule is COc1ccc(Cn2c(-c3ccc(OC)cc3)nc3cc([N+](=O)[O-])ccc32)cc1. The molecule has 0 radical (unpaired) electrons. The predicted molar refractivity (Wildman–Crippen MR) is 110 cm³/mol. The highest BCUT2D eigenvalue weighted by Crippen LogP contribution is 2.29. The van der Waals surface area contributed by atoms with E-state index in [1.807, 2.05) is 48.5 Å². The summed E-state index contributed by atoms with van der Waals surface area (Å²) in [5.41, 5.74) is 3.40. The Bertz CT molecular complexity index is 1170. The average molecular weight is 389 g/mol. The van der Waals surface area contributed by atoms with E-state index in [9.17, 15) is 10.1 Å². The molecule has 1 aromatic heterocycles. The van der Waals surface area contributed by atoms with Crippen LogP contribution in [0.5, 0.6) is 11.5 Å². The summed E-state index contributed by atoms with van der Waals surface area (Å²) in [6, 6.07) is 20.2. The smallest absolute Gasteiger partial charge is 0.271 e. The lowest BCUT2D eigenvalue weighted by atomic mass is 10.1. The average Bonchev–Trinajstić information content (AvgIpc) is 3.12. The minimum atomic E-state index is -0.408. The number of nitro benzene ring substituents is 1. The Morgan fingerprint density at radius 3 is 2.14 bits per heavy atom. The Morgan fingerprint density at radius 1 is 0.931 bits per heavy atom. The first-order valence-corrected chi connectivity index (χ1v) is 9.01. The van der Waals surface area contributed by atoms with Crippen molar-refractivity contribution in [1.29, 1.82) is 0 Å². The number of aromatic nitrogens is 2. The summed E-state index contributed by atoms with van der Waals surface area (Å²) >= 11 is 0. The molecule has 0 aliphatic heterocycles. The number of non-ortho nitro benzene ring substituents is 1. The van der Waals surface area contributed by atoms with Gasteiger partial charge < -0.3 is 14.0 Å². The third kappa shape index (κ3) is 3.62. The maximum atomic E-state index is 11.2. The van der Waals surface area contributed by atoms with E-state index in [1.54, 1.807) is 20.3 Å². The number of imidazole rings is 1. The summed E-state index contributed by atoms with van der Waals surface area (Å²) in [6.07, 6.45) is 0. The van der Waals surface area contributed by atoms with Crippen molar-refractivity contribution in [2.24, 2.45) is 0 Å². The number of hydrogen-bond donors (Lipinski definition) is 0. The van der Waals surface area contributed by atoms with Gasteiger partial charge in [0.1, 0.15) is 17.3 Å². The van der Waals surface area contributed by atoms with E-state index < -0.39 is 4.92 Å². The van der Waals surface area contributed by atoms with Gasteiger partial charge in [0.05, 0.1) is 30.2 Å². The van der Waals surface area contributed by atoms with Crippen molar-refractivity contribution in [2.75, 3.05) is 14.2 Å². The lowest BCUT2D eigenvalue weighted by Crippen LogP contribution is -2.02. The molecule has 3 aromatic carbocycles. The van der Waals surface area contributed by atoms with E-state index >= 15 is 0 Å². The molecule has 7 heteroatoms. The fourth-order valence-corrected chi connectivity index (χ4v) is 3.27. The van der Waals surface area contributed by atoms with Gasteiger partial charge in [-0.2, -0.15) is 0 Å². The zero-order valence-electron chi connectivity index (χ0n) is 16.0. The number of nitro groups is 1. The van der Waals surface area contributed by atoms with E-state index in [2.05, 4.69) is 4.57 Å². The minimum Gasteiger partial charge on any atom is -0.497 e. The number of rotatable bonds is 6. The van der Waals surface area contributed by atoms with Crippen LogP contribution in [-0.4, -0.2) is 28.7 Å². The van der Waals surface area contributed by atoms with Gasteiger partial charge in [-0.15, -0.1) is 0 Å². The zero-order valence-corrected chi connectivity index (χ0v) is 16.0. The van der Waals surface area contributed by atoms with Crippen molar-refractivity contribution < 1.29 is 14.4 Å². The number of ether oxygens (including phenoxy) is 2. The normalized spacial score (nSPS) is 10.8. The molecule has 0 atom stereocenters. The molecular weight excluding hydrogens is 370 g/mol. The molecule has 0 bridgehead atoms. The molecule has 0 aliphatic rings. The molecule has 29 heavy (non-hydrogen) atoms. The molecule has 1 heterocycles. The molecule has 0 N–H and O–H groups in total. The third-order valence-electron chi connectivity index (χ3n) is 4.79. The highest BCUT2D eigenvalue weighted by molar-refractivity contribution is 5.83. The molecular formula is C22H19N3O4. The van der Waals surface area contributed by atoms with Crippen LogP contribution in [-0.2, 0) is 6.54 Å². The van der Waals surface area contributed by atoms with Gasteiger partial charge in [-0.05, 0) is 48.0 Å². The van der Waals surface area contributed by atoms with Crippen LogP contribution in [0.2, 0.25) is 0 Å². The van der Waals surface area contributed by atoms with Crippen LogP contribution < -0.4 is 9.47 Å². The molecule has 0 spiro atoms. The van der Waals surface area contributed by atoms with Gasteiger partial charge in [-0.25, -0.2) is 4.98 Å². The quantitative estimate of drug-likeness (QED) is 0.353. The van der Waals surface area contributed by atoms with Crippen LogP contribution in [0.25, 0.3) is 22.4 Å². The summed E-state index contributed by atoms with van der Waals surface area (Å²) < 4.78 is 12.5. The molecule has 0 fully saturated rings. The van der Waals surface area contributed by atoms with Gasteiger partial charge in [0, 0.05) is 24.2 Å². The molecule has 0 aliphatic carbocycles. The Balaban J connectivity index is 1.84. The monoisotopic (exact) mass is 389 g/mol. The molecule has 0 saturated carbocycles. The van der Waals surface area contributed by atoms with Gasteiger partial charge in [-0.1, -0.05) is 12.1 Å². The van der Waals surface area contributed by atoms with Gasteiger partial charge in [0.15, 0.2) is 0 Å². The van der Waals surface area contributed by atoms with Crippen LogP contribution >= 0.6 is 0 Å². The van der Waals surface area contributed by atoms with Crippen molar-refractivity contribution in [3.63, 3.8) is 0 Å². The molecule has 4 aromatic rings. The maximum absolute atomic E-state index is 11.2. The van der Waals surface area contributed by atoms with Gasteiger partial charge >= 0.3 is 0 Å². The fraction of sp³-hybridized carbons (Fsp3) is 0.136. The van der Waals surface area contributed by atoms with Crippen LogP contribution in [0.1, 0.15) is 5.56 Å². The minimum absolute atomic E-state index is 0.0212. The predicted octanol–water partition coefficient (Wildman–Crippen LogP) is 4.68. The van der Waals surface area contributed by atoms with Gasteiger partial charge in [-0.3, -0.25) is 10.1 Å². The first kappa shape index (κ1) is 18.5. The zero-order chi connectivity index (χ0) is 20.4. The number of benzene rings is 3. The van der Waals surface area contributed by atoms with Gasteiger partial charge in [0.25, 0.3) is 5.69 Å². The molecule has 4 rings (SSSR count). The molecule has 146 valence electrons. The summed E-state index contributed by atoms with van der Waals surface area (Å²) in [5, 5.41) is 11.2. The summed E-state index contributed by atoms with van der Waals surface area (Å²) in [4.78, 5) is 15.5. The number of fused-ring (bicyclic) bond motifs is 1. The van der Waals surface area contributed by atoms with Crippen LogP contribution in [0, 0.1) is 10.1 Å². The first-order valence-electron chi connectivity index (χ1n) is 9.01. The Hall–Kier alpha value is -3.87. The molecule has 0 unspecified atom stereocenters. The molecule has 7 nitrogen and oxygen atoms in total. The lowest BCUT2D eigenvalue weighted by Gasteiger charge is -2.11. The van der Waals surface area contributed by atoms with E-state index in [4.69, 9.17) is 14.5 Å². The Morgan fingerprint density at radius 2 is 1.55 bits per heavy atom. The first-order chi connectivity index (χ1) is 14.1. The van der Waals surface area contributed by atoms with Crippen molar-refractivity contribution in [1.82, 2.24) is 9.55 Å². The Labute approximate surface area is 167 Å². The van der Waals surface area contributed by atoms with Gasteiger partial charge in [0.2, 0.25) is 0 Å². The second-order valence-electron chi connectivity index (χ2n) is 6.53. The van der Waals surface area contributed by atoms with Crippen LogP contribution in [0.15, 0.2) is 66.7 Å². The van der Waals surface area contributed by atoms with E-state index in [1.165, 1.54) is 12.1 Å². The lowest BCUT2D eigenvalue weighted by molar-refractivity contribution is -0.384. The maximum Gasteiger partial charge on any atom is 0.271 e. The van der Waals surface area contributed by atoms with E-state index in [-0.39, 0.29) is 5.69 Å². The summed E-state index contributed by atoms with van der Waals surface area (Å²) in [6.45, 7) is 0.569. The highest BCUT2D eigenvalue weighted by Gasteiger charge is 2.16. The Kier molecular flexibility index (Phi) is 4.87. The third-order valence-corrected chi connectivity index (χ3v) is 4.79. The second kappa shape index (κ2) is 7.63. The standard InChI is InChI=1S/C22H19N3O4/c1-28-18-8-3-15(4-9-18)14-24-21-12-7-17(25(26)27)13-20(21)23-22(24)16-5-10-19(29-2)11-6-16/h3-13H,14H2,1-2H3. The summed E-state index contributed by atoms with van der Waals surface area (Å²) in [7, 11) is 3.25. The van der Waals surface area contributed by atoms with E-state index in [0.29, 0.717) is 12.1 Å². The van der Waals surface area contributed by atoms with Crippen molar-refractivity contribution in [3.05, 3.63) is 82.4 Å². The van der Waals surface area contributed by atoms with Crippen LogP contribution in [0.4, 0.5) is 5.69 Å². The fourth-order valence-electron chi connectivity index (χ4n) is 3.27. The van der Waals surface area contributed by atoms with Crippen molar-refractivity contribution in [3.8, 4) is 22.9 Å². The molecule has 0 amide bonds. The van der Waals surface area contributed by atoms with Crippen molar-refractivity contribution in [2.45, 2.75) is 6.54 Å². The van der Waals surface area contributed by atoms with Crippen molar-refractivity contribution >= 4 is 16.7 Å². The topological polar surface area (TPSA) is 79.4 Å². The summed E-state index contributed by atoms with van der Waals surface area (Å²) in [5.74, 6) is 2.27. The molecule has 0 saturated heterocycles. The second-order valence-corrected chi connectivity index (χ2v) is 6.53. The number of hydrogen-bond acceptors (Lipinski definition) is 5.